The van der Waals surface area contributed by atoms with Crippen LogP contribution in [0.2, 0.25) is 0 Å². The normalized spacial score (nSPS) is 22.3. The Balaban J connectivity index is 1.93. The number of aliphatic hydroxyl groups excluding tert-OH is 1. The number of carbonyl (C=O) groups excluding carboxylic acids is 6. The van der Waals surface area contributed by atoms with Crippen molar-refractivity contribution in [3.05, 3.63) is 71.3 Å². The molecule has 0 aliphatic carbocycles. The van der Waals surface area contributed by atoms with Crippen LogP contribution in [0, 0.1) is 17.6 Å². The van der Waals surface area contributed by atoms with Crippen molar-refractivity contribution in [3.8, 4) is 0 Å². The number of rotatable bonds is 6. The fourth-order valence-electron chi connectivity index (χ4n) is 4.80. The Morgan fingerprint density at radius 3 is 2.23 bits per heavy atom. The number of nitrogens with zero attached hydrogens (tertiary/aromatic N) is 1. The van der Waals surface area contributed by atoms with Gasteiger partial charge in [0.2, 0.25) is 35.4 Å². The lowest BCUT2D eigenvalue weighted by Gasteiger charge is -2.28. The van der Waals surface area contributed by atoms with E-state index in [1.807, 2.05) is 0 Å². The molecule has 0 aromatic heterocycles. The highest BCUT2D eigenvalue weighted by atomic mass is 19.1. The Morgan fingerprint density at radius 2 is 1.57 bits per heavy atom. The molecule has 2 aromatic carbocycles. The number of amides is 6. The first-order chi connectivity index (χ1) is 22.3. The number of halogens is 2. The van der Waals surface area contributed by atoms with Crippen LogP contribution >= 0.6 is 0 Å². The maximum Gasteiger partial charge on any atom is 0.245 e. The van der Waals surface area contributed by atoms with Crippen molar-refractivity contribution in [3.63, 3.8) is 0 Å². The summed E-state index contributed by atoms with van der Waals surface area (Å²) in [5.41, 5.74) is 0.441. The molecule has 13 nitrogen and oxygen atoms in total. The largest absolute Gasteiger partial charge is 0.394 e. The fourth-order valence-corrected chi connectivity index (χ4v) is 4.80. The van der Waals surface area contributed by atoms with Gasteiger partial charge in [-0.25, -0.2) is 8.78 Å². The zero-order valence-corrected chi connectivity index (χ0v) is 26.3. The van der Waals surface area contributed by atoms with Crippen LogP contribution in [0.3, 0.4) is 0 Å². The van der Waals surface area contributed by atoms with E-state index in [0.29, 0.717) is 5.56 Å². The third-order valence-electron chi connectivity index (χ3n) is 7.47. The van der Waals surface area contributed by atoms with Crippen molar-refractivity contribution in [2.24, 2.45) is 5.92 Å². The first-order valence-electron chi connectivity index (χ1n) is 15.1. The van der Waals surface area contributed by atoms with Crippen LogP contribution in [0.5, 0.6) is 0 Å². The molecular formula is C32H40F2N6O7. The molecule has 3 rings (SSSR count). The van der Waals surface area contributed by atoms with Crippen LogP contribution in [-0.4, -0.2) is 95.9 Å². The molecule has 0 radical (unpaired) electrons. The van der Waals surface area contributed by atoms with E-state index in [4.69, 9.17) is 0 Å². The van der Waals surface area contributed by atoms with Crippen LogP contribution in [0.4, 0.5) is 8.78 Å². The van der Waals surface area contributed by atoms with Crippen LogP contribution < -0.4 is 26.6 Å². The average Bonchev–Trinajstić information content (AvgIpc) is 3.02. The zero-order chi connectivity index (χ0) is 34.7. The van der Waals surface area contributed by atoms with Gasteiger partial charge in [0.05, 0.1) is 19.6 Å². The molecular weight excluding hydrogens is 618 g/mol. The second kappa shape index (κ2) is 17.1. The molecule has 0 spiro atoms. The molecule has 1 aliphatic heterocycles. The second-order valence-corrected chi connectivity index (χ2v) is 11.5. The van der Waals surface area contributed by atoms with E-state index in [1.165, 1.54) is 6.92 Å². The summed E-state index contributed by atoms with van der Waals surface area (Å²) in [7, 11) is 0. The number of benzene rings is 2. The van der Waals surface area contributed by atoms with E-state index in [-0.39, 0.29) is 25.1 Å². The molecule has 0 unspecified atom stereocenters. The van der Waals surface area contributed by atoms with E-state index in [0.717, 1.165) is 23.1 Å². The summed E-state index contributed by atoms with van der Waals surface area (Å²) in [5.74, 6) is -6.64. The van der Waals surface area contributed by atoms with Gasteiger partial charge in [-0.15, -0.1) is 0 Å². The Kier molecular flexibility index (Phi) is 13.3. The number of aliphatic hydroxyl groups is 1. The molecule has 0 saturated carbocycles. The molecule has 2 aromatic rings. The first-order valence-corrected chi connectivity index (χ1v) is 15.1. The summed E-state index contributed by atoms with van der Waals surface area (Å²) in [6.45, 7) is 2.76. The van der Waals surface area contributed by atoms with E-state index in [9.17, 15) is 42.7 Å². The highest BCUT2D eigenvalue weighted by Crippen LogP contribution is 2.12. The maximum absolute atomic E-state index is 14.4. The predicted molar refractivity (Wildman–Crippen MR) is 165 cm³/mol. The number of nitrogens with one attached hydrogen (secondary N) is 5. The minimum absolute atomic E-state index is 0.0253. The molecule has 1 aliphatic rings. The summed E-state index contributed by atoms with van der Waals surface area (Å²) in [6, 6.07) is 6.34. The second-order valence-electron chi connectivity index (χ2n) is 11.5. The Labute approximate surface area is 270 Å². The molecule has 6 amide bonds. The van der Waals surface area contributed by atoms with Gasteiger partial charge in [-0.3, -0.25) is 28.8 Å². The summed E-state index contributed by atoms with van der Waals surface area (Å²) in [5, 5.41) is 22.4. The van der Waals surface area contributed by atoms with Gasteiger partial charge >= 0.3 is 0 Å². The predicted octanol–water partition coefficient (Wildman–Crippen LogP) is -0.684. The lowest BCUT2D eigenvalue weighted by molar-refractivity contribution is -0.138. The molecule has 1 heterocycles. The van der Waals surface area contributed by atoms with Crippen LogP contribution in [0.15, 0.2) is 48.5 Å². The molecule has 1 fully saturated rings. The summed E-state index contributed by atoms with van der Waals surface area (Å²) >= 11 is 0. The van der Waals surface area contributed by atoms with Gasteiger partial charge in [0.25, 0.3) is 0 Å². The van der Waals surface area contributed by atoms with E-state index in [2.05, 4.69) is 26.6 Å². The highest BCUT2D eigenvalue weighted by Gasteiger charge is 2.31. The molecule has 254 valence electrons. The molecule has 47 heavy (non-hydrogen) atoms. The maximum atomic E-state index is 14.4. The molecule has 1 saturated heterocycles. The summed E-state index contributed by atoms with van der Waals surface area (Å²) in [6.07, 6.45) is -0.571. The quantitative estimate of drug-likeness (QED) is 0.237. The summed E-state index contributed by atoms with van der Waals surface area (Å²) in [4.78, 5) is 79.9. The van der Waals surface area contributed by atoms with Crippen LogP contribution in [-0.2, 0) is 41.6 Å². The average molecular weight is 659 g/mol. The lowest BCUT2D eigenvalue weighted by Crippen LogP contribution is -2.60. The Hall–Kier alpha value is -4.92. The third-order valence-corrected chi connectivity index (χ3v) is 7.47. The number of carbonyl (C=O) groups is 6. The first kappa shape index (κ1) is 36.5. The van der Waals surface area contributed by atoms with Gasteiger partial charge in [0, 0.05) is 25.1 Å². The minimum Gasteiger partial charge on any atom is -0.394 e. The minimum atomic E-state index is -1.47. The van der Waals surface area contributed by atoms with Crippen molar-refractivity contribution in [1.29, 1.82) is 0 Å². The standard InChI is InChI=1S/C32H40F2N6O7/c1-18(2)28-32(47)36-19(3)29(44)38-25(17-41)31(46)37-24(13-20-7-5-4-6-8-20)30(45)35-11-12-40(16-26(42)39-28)27(43)15-21-14-22(33)9-10-23(21)34/h4-10,14,18-19,24-25,28,41H,11-13,15-17H2,1-3H3,(H,35,45)(H,36,47)(H,37,46)(H,38,44)(H,39,42)/t19-,24+,25-,28+/m0/s1. The SMILES string of the molecule is CC(C)[C@H]1NC(=O)CN(C(=O)Cc2cc(F)ccc2F)CCNC(=O)[C@@H](Cc2ccccc2)NC(=O)[C@H](CO)NC(=O)[C@H](C)NC1=O. The van der Waals surface area contributed by atoms with Gasteiger partial charge in [-0.05, 0) is 36.6 Å². The Bertz CT molecular complexity index is 1460. The van der Waals surface area contributed by atoms with Crippen molar-refractivity contribution >= 4 is 35.4 Å². The topological polar surface area (TPSA) is 186 Å². The van der Waals surface area contributed by atoms with Gasteiger partial charge in [0.15, 0.2) is 0 Å². The van der Waals surface area contributed by atoms with E-state index in [1.54, 1.807) is 44.2 Å². The molecule has 0 bridgehead atoms. The van der Waals surface area contributed by atoms with Crippen LogP contribution in [0.25, 0.3) is 0 Å². The molecule has 15 heteroatoms. The third kappa shape index (κ3) is 10.8. The molecule has 6 N–H and O–H groups in total. The van der Waals surface area contributed by atoms with Gasteiger partial charge in [-0.1, -0.05) is 44.2 Å². The van der Waals surface area contributed by atoms with E-state index >= 15 is 0 Å². The van der Waals surface area contributed by atoms with Crippen molar-refractivity contribution in [2.75, 3.05) is 26.2 Å². The summed E-state index contributed by atoms with van der Waals surface area (Å²) < 4.78 is 28.2. The van der Waals surface area contributed by atoms with E-state index < -0.39 is 96.7 Å². The number of hydrogen-bond donors (Lipinski definition) is 6. The smallest absolute Gasteiger partial charge is 0.245 e. The van der Waals surface area contributed by atoms with Crippen molar-refractivity contribution in [1.82, 2.24) is 31.5 Å². The fraction of sp³-hybridized carbons (Fsp3) is 0.438. The van der Waals surface area contributed by atoms with Crippen molar-refractivity contribution in [2.45, 2.75) is 57.8 Å². The highest BCUT2D eigenvalue weighted by molar-refractivity contribution is 5.96. The van der Waals surface area contributed by atoms with Gasteiger partial charge in [0.1, 0.15) is 35.8 Å². The molecule has 4 atom stereocenters. The van der Waals surface area contributed by atoms with Gasteiger partial charge in [-0.2, -0.15) is 0 Å². The van der Waals surface area contributed by atoms with Crippen molar-refractivity contribution < 1.29 is 42.7 Å². The monoisotopic (exact) mass is 658 g/mol. The lowest BCUT2D eigenvalue weighted by atomic mass is 10.0. The zero-order valence-electron chi connectivity index (χ0n) is 26.3. The van der Waals surface area contributed by atoms with Crippen LogP contribution in [0.1, 0.15) is 31.9 Å². The Morgan fingerprint density at radius 1 is 0.894 bits per heavy atom. The van der Waals surface area contributed by atoms with Gasteiger partial charge < -0.3 is 36.6 Å². The number of hydrogen-bond acceptors (Lipinski definition) is 7.